The number of hydrogen-bond acceptors (Lipinski definition) is 5. The number of oxazole rings is 1. The summed E-state index contributed by atoms with van der Waals surface area (Å²) in [6, 6.07) is 17.3. The standard InChI is InChI=1S/C31H23ClF6N4O3/c1-16-40-26(27(44-16)17-7-10-21(11-8-17)45-31(36,37)38)22-14-19(18-5-4-6-20(13-18)29(2,3)28(39)43)9-12-23(22)42-25(32)15-24(41-42)30(33,34)35/h4-15H,1-3H3,(H2,39,43). The fraction of sp³-hybridized carbons (Fsp3) is 0.194. The van der Waals surface area contributed by atoms with E-state index in [1.165, 1.54) is 25.1 Å². The quantitative estimate of drug-likeness (QED) is 0.179. The van der Waals surface area contributed by atoms with Crippen molar-refractivity contribution < 1.29 is 40.3 Å². The Balaban J connectivity index is 1.71. The lowest BCUT2D eigenvalue weighted by molar-refractivity contribution is -0.274. The van der Waals surface area contributed by atoms with Crippen molar-refractivity contribution in [2.75, 3.05) is 0 Å². The van der Waals surface area contributed by atoms with E-state index in [4.69, 9.17) is 21.8 Å². The van der Waals surface area contributed by atoms with Gasteiger partial charge in [0.2, 0.25) is 5.91 Å². The number of hydrogen-bond donors (Lipinski definition) is 1. The third kappa shape index (κ3) is 6.53. The number of amides is 1. The van der Waals surface area contributed by atoms with Gasteiger partial charge in [-0.2, -0.15) is 18.3 Å². The van der Waals surface area contributed by atoms with E-state index in [0.717, 1.165) is 16.8 Å². The van der Waals surface area contributed by atoms with Crippen LogP contribution in [0, 0.1) is 6.92 Å². The third-order valence-corrected chi connectivity index (χ3v) is 7.32. The summed E-state index contributed by atoms with van der Waals surface area (Å²) >= 11 is 6.24. The van der Waals surface area contributed by atoms with Crippen molar-refractivity contribution in [2.24, 2.45) is 5.73 Å². The lowest BCUT2D eigenvalue weighted by Crippen LogP contribution is -2.35. The number of aryl methyl sites for hydroxylation is 1. The maximum atomic E-state index is 13.5. The highest BCUT2D eigenvalue weighted by Crippen LogP contribution is 2.41. The zero-order chi connectivity index (χ0) is 32.9. The summed E-state index contributed by atoms with van der Waals surface area (Å²) in [6.07, 6.45) is -9.67. The zero-order valence-electron chi connectivity index (χ0n) is 23.7. The molecule has 5 aromatic rings. The van der Waals surface area contributed by atoms with E-state index in [1.54, 1.807) is 50.2 Å². The van der Waals surface area contributed by atoms with Crippen LogP contribution < -0.4 is 10.5 Å². The van der Waals surface area contributed by atoms with Gasteiger partial charge in [-0.1, -0.05) is 41.9 Å². The number of benzene rings is 3. The molecule has 1 amide bonds. The fourth-order valence-electron chi connectivity index (χ4n) is 4.60. The fourth-order valence-corrected chi connectivity index (χ4v) is 4.83. The monoisotopic (exact) mass is 648 g/mol. The van der Waals surface area contributed by atoms with Crippen LogP contribution in [0.1, 0.15) is 31.0 Å². The Bertz CT molecular complexity index is 1890. The summed E-state index contributed by atoms with van der Waals surface area (Å²) in [6.45, 7) is 4.89. The molecule has 0 saturated carbocycles. The molecule has 0 unspecified atom stereocenters. The molecule has 234 valence electrons. The van der Waals surface area contributed by atoms with E-state index in [9.17, 15) is 31.1 Å². The number of ether oxygens (including phenoxy) is 1. The van der Waals surface area contributed by atoms with Crippen LogP contribution in [-0.4, -0.2) is 27.0 Å². The molecule has 7 nitrogen and oxygen atoms in total. The number of carbonyl (C=O) groups is 1. The van der Waals surface area contributed by atoms with Crippen LogP contribution in [0.15, 0.2) is 77.2 Å². The molecule has 0 aliphatic carbocycles. The average Bonchev–Trinajstić information content (AvgIpc) is 3.55. The average molecular weight is 649 g/mol. The zero-order valence-corrected chi connectivity index (χ0v) is 24.5. The highest BCUT2D eigenvalue weighted by molar-refractivity contribution is 6.30. The van der Waals surface area contributed by atoms with Gasteiger partial charge >= 0.3 is 12.5 Å². The molecular weight excluding hydrogens is 626 g/mol. The molecule has 0 saturated heterocycles. The highest BCUT2D eigenvalue weighted by Gasteiger charge is 2.36. The Morgan fingerprint density at radius 1 is 0.911 bits per heavy atom. The van der Waals surface area contributed by atoms with Gasteiger partial charge in [0.1, 0.15) is 16.6 Å². The molecule has 0 spiro atoms. The predicted octanol–water partition coefficient (Wildman–Crippen LogP) is 8.50. The molecule has 0 atom stereocenters. The van der Waals surface area contributed by atoms with E-state index >= 15 is 0 Å². The number of primary amides is 1. The molecule has 2 N–H and O–H groups in total. The van der Waals surface area contributed by atoms with E-state index in [0.29, 0.717) is 28.3 Å². The molecule has 0 radical (unpaired) electrons. The summed E-state index contributed by atoms with van der Waals surface area (Å²) in [5.74, 6) is -0.723. The molecule has 0 aliphatic rings. The first-order chi connectivity index (χ1) is 20.9. The molecule has 3 aromatic carbocycles. The summed E-state index contributed by atoms with van der Waals surface area (Å²) < 4.78 is 89.5. The molecule has 0 aliphatic heterocycles. The van der Waals surface area contributed by atoms with Crippen molar-refractivity contribution >= 4 is 17.5 Å². The van der Waals surface area contributed by atoms with Gasteiger partial charge in [0.15, 0.2) is 17.3 Å². The Labute approximate surface area is 257 Å². The molecule has 0 bridgehead atoms. The molecule has 2 aromatic heterocycles. The van der Waals surface area contributed by atoms with Gasteiger partial charge in [0.25, 0.3) is 0 Å². The number of halogens is 7. The SMILES string of the molecule is Cc1nc(-c2cc(-c3cccc(C(C)(C)C(N)=O)c3)ccc2-n2nc(C(F)(F)F)cc2Cl)c(-c2ccc(OC(F)(F)F)cc2)o1. The largest absolute Gasteiger partial charge is 0.573 e. The Kier molecular flexibility index (Phi) is 7.94. The maximum Gasteiger partial charge on any atom is 0.573 e. The topological polar surface area (TPSA) is 96.2 Å². The third-order valence-electron chi connectivity index (χ3n) is 7.05. The minimum absolute atomic E-state index is 0.111. The number of aromatic nitrogens is 3. The molecule has 0 fully saturated rings. The normalized spacial score (nSPS) is 12.4. The maximum absolute atomic E-state index is 13.5. The van der Waals surface area contributed by atoms with Gasteiger partial charge in [-0.15, -0.1) is 13.2 Å². The summed E-state index contributed by atoms with van der Waals surface area (Å²) in [5.41, 5.74) is 6.06. The second-order valence-corrected chi connectivity index (χ2v) is 10.9. The van der Waals surface area contributed by atoms with Crippen molar-refractivity contribution in [1.29, 1.82) is 0 Å². The van der Waals surface area contributed by atoms with Gasteiger partial charge in [-0.25, -0.2) is 9.67 Å². The number of carbonyl (C=O) groups excluding carboxylic acids is 1. The van der Waals surface area contributed by atoms with Gasteiger partial charge in [0, 0.05) is 24.1 Å². The van der Waals surface area contributed by atoms with Crippen LogP contribution in [0.3, 0.4) is 0 Å². The molecule has 2 heterocycles. The lowest BCUT2D eigenvalue weighted by atomic mass is 9.82. The van der Waals surface area contributed by atoms with E-state index in [2.05, 4.69) is 14.8 Å². The first-order valence-electron chi connectivity index (χ1n) is 13.2. The van der Waals surface area contributed by atoms with Crippen molar-refractivity contribution in [3.63, 3.8) is 0 Å². The number of rotatable bonds is 7. The first-order valence-corrected chi connectivity index (χ1v) is 13.5. The molecule has 14 heteroatoms. The Morgan fingerprint density at radius 2 is 1.56 bits per heavy atom. The highest BCUT2D eigenvalue weighted by atomic mass is 35.5. The summed E-state index contributed by atoms with van der Waals surface area (Å²) in [4.78, 5) is 16.6. The van der Waals surface area contributed by atoms with Crippen molar-refractivity contribution in [2.45, 2.75) is 38.7 Å². The second kappa shape index (κ2) is 11.3. The minimum atomic E-state index is -4.90. The predicted molar refractivity (Wildman–Crippen MR) is 154 cm³/mol. The molecular formula is C31H23ClF6N4O3. The van der Waals surface area contributed by atoms with Gasteiger partial charge < -0.3 is 14.9 Å². The smallest absolute Gasteiger partial charge is 0.440 e. The van der Waals surface area contributed by atoms with Crippen LogP contribution in [0.25, 0.3) is 39.4 Å². The van der Waals surface area contributed by atoms with Crippen LogP contribution >= 0.6 is 11.6 Å². The van der Waals surface area contributed by atoms with E-state index in [1.807, 2.05) is 0 Å². The Morgan fingerprint density at radius 3 is 2.16 bits per heavy atom. The molecule has 5 rings (SSSR count). The number of nitrogens with two attached hydrogens (primary N) is 1. The molecule has 45 heavy (non-hydrogen) atoms. The van der Waals surface area contributed by atoms with Crippen LogP contribution in [0.4, 0.5) is 26.3 Å². The second-order valence-electron chi connectivity index (χ2n) is 10.5. The first kappa shape index (κ1) is 31.6. The van der Waals surface area contributed by atoms with Crippen molar-refractivity contribution in [3.8, 4) is 45.1 Å². The van der Waals surface area contributed by atoms with Gasteiger partial charge in [-0.3, -0.25) is 4.79 Å². The van der Waals surface area contributed by atoms with Crippen LogP contribution in [0.2, 0.25) is 5.15 Å². The van der Waals surface area contributed by atoms with Gasteiger partial charge in [0.05, 0.1) is 11.1 Å². The summed E-state index contributed by atoms with van der Waals surface area (Å²) in [7, 11) is 0. The lowest BCUT2D eigenvalue weighted by Gasteiger charge is -2.22. The van der Waals surface area contributed by atoms with Crippen LogP contribution in [-0.2, 0) is 16.4 Å². The number of nitrogens with zero attached hydrogens (tertiary/aromatic N) is 3. The van der Waals surface area contributed by atoms with E-state index in [-0.39, 0.29) is 33.7 Å². The van der Waals surface area contributed by atoms with Crippen molar-refractivity contribution in [1.82, 2.24) is 14.8 Å². The number of alkyl halides is 6. The van der Waals surface area contributed by atoms with Crippen molar-refractivity contribution in [3.05, 3.63) is 95.1 Å². The Hall–Kier alpha value is -4.78. The summed E-state index contributed by atoms with van der Waals surface area (Å²) in [5, 5.41) is 3.35. The van der Waals surface area contributed by atoms with Crippen LogP contribution in [0.5, 0.6) is 5.75 Å². The van der Waals surface area contributed by atoms with E-state index < -0.39 is 35.3 Å². The van der Waals surface area contributed by atoms with Gasteiger partial charge in [-0.05, 0) is 66.9 Å². The minimum Gasteiger partial charge on any atom is -0.440 e.